The lowest BCUT2D eigenvalue weighted by molar-refractivity contribution is -0.142. The number of aldehydes is 2. The van der Waals surface area contributed by atoms with E-state index in [2.05, 4.69) is 20.9 Å². The van der Waals surface area contributed by atoms with E-state index in [0.29, 0.717) is 56.5 Å². The maximum absolute atomic E-state index is 14.0. The molecular weight excluding hydrogens is 592 g/mol. The molecule has 1 aliphatic carbocycles. The van der Waals surface area contributed by atoms with Gasteiger partial charge in [0, 0.05) is 44.0 Å². The summed E-state index contributed by atoms with van der Waals surface area (Å²) in [4.78, 5) is 95.9. The van der Waals surface area contributed by atoms with E-state index in [1.165, 1.54) is 16.0 Å². The summed E-state index contributed by atoms with van der Waals surface area (Å²) in [5.74, 6) is -1.61. The smallest absolute Gasteiger partial charge is 0.315 e. The summed E-state index contributed by atoms with van der Waals surface area (Å²) in [6, 6.07) is -3.88. The van der Waals surface area contributed by atoms with Gasteiger partial charge >= 0.3 is 6.03 Å². The van der Waals surface area contributed by atoms with Crippen LogP contribution in [0.25, 0.3) is 0 Å². The van der Waals surface area contributed by atoms with Crippen molar-refractivity contribution in [3.05, 3.63) is 11.1 Å². The lowest BCUT2D eigenvalue weighted by atomic mass is 9.85. The Hall–Kier alpha value is -3.90. The van der Waals surface area contributed by atoms with E-state index in [4.69, 9.17) is 0 Å². The van der Waals surface area contributed by atoms with Crippen molar-refractivity contribution in [2.75, 3.05) is 26.7 Å². The molecule has 3 aliphatic rings. The molecule has 1 saturated heterocycles. The third kappa shape index (κ3) is 9.56. The molecule has 3 rings (SSSR count). The van der Waals surface area contributed by atoms with Crippen LogP contribution in [0.4, 0.5) is 4.79 Å². The van der Waals surface area contributed by atoms with Crippen molar-refractivity contribution >= 4 is 48.3 Å². The summed E-state index contributed by atoms with van der Waals surface area (Å²) in [6.45, 7) is 12.1. The second-order valence-corrected chi connectivity index (χ2v) is 14.8. The lowest BCUT2D eigenvalue weighted by Gasteiger charge is -2.38. The Bertz CT molecular complexity index is 1270. The van der Waals surface area contributed by atoms with Crippen molar-refractivity contribution in [3.63, 3.8) is 0 Å². The van der Waals surface area contributed by atoms with Gasteiger partial charge in [0.15, 0.2) is 12.6 Å². The predicted octanol–water partition coefficient (Wildman–Crippen LogP) is 1.59. The first-order valence-electron chi connectivity index (χ1n) is 16.1. The van der Waals surface area contributed by atoms with E-state index in [-0.39, 0.29) is 24.3 Å². The van der Waals surface area contributed by atoms with Gasteiger partial charge in [0.2, 0.25) is 23.5 Å². The Morgan fingerprint density at radius 3 is 2.24 bits per heavy atom. The van der Waals surface area contributed by atoms with Crippen LogP contribution in [0.2, 0.25) is 0 Å². The van der Waals surface area contributed by atoms with E-state index in [1.54, 1.807) is 7.05 Å². The minimum absolute atomic E-state index is 0.145. The Morgan fingerprint density at radius 2 is 1.67 bits per heavy atom. The average molecular weight is 643 g/mol. The number of amides is 5. The molecule has 13 heteroatoms. The number of likely N-dealkylation sites (tertiary alicyclic amines) is 1. The lowest BCUT2D eigenvalue weighted by Crippen LogP contribution is -2.61. The molecule has 2 heterocycles. The minimum atomic E-state index is -0.999. The molecule has 1 saturated carbocycles. The largest absolute Gasteiger partial charge is 0.344 e. The number of dihydropyridines is 1. The van der Waals surface area contributed by atoms with Gasteiger partial charge in [-0.05, 0) is 42.4 Å². The minimum Gasteiger partial charge on any atom is -0.344 e. The number of Topliss-reactive ketones (excluding diaryl/α,β-unsaturated/α-hetero) is 1. The number of rotatable bonds is 13. The fourth-order valence-corrected chi connectivity index (χ4v) is 5.75. The standard InChI is InChI=1S/C33H50N6O7/c1-32(2,3)26(17-38(7)29(44)22-12-13-34-16-21(22)18-40)36-31(46)37-27(33(4,5)6)30(45)39-14-8-9-24(39)28(43)35-23(25(42)19-41)15-20-10-11-20/h16,18-20,23-24,26-27H,8-15,17H2,1-7H3,(H,35,43)(H2,36,37,46). The van der Waals surface area contributed by atoms with Crippen LogP contribution >= 0.6 is 0 Å². The zero-order valence-electron chi connectivity index (χ0n) is 28.2. The van der Waals surface area contributed by atoms with Crippen LogP contribution in [0.5, 0.6) is 0 Å². The molecule has 0 aromatic rings. The zero-order valence-corrected chi connectivity index (χ0v) is 28.2. The van der Waals surface area contributed by atoms with Crippen molar-refractivity contribution in [1.29, 1.82) is 0 Å². The first kappa shape index (κ1) is 36.6. The molecule has 3 N–H and O–H groups in total. The molecular formula is C33H50N6O7. The number of carbonyl (C=O) groups is 7. The van der Waals surface area contributed by atoms with E-state index in [0.717, 1.165) is 12.8 Å². The predicted molar refractivity (Wildman–Crippen MR) is 172 cm³/mol. The van der Waals surface area contributed by atoms with Crippen molar-refractivity contribution in [3.8, 4) is 0 Å². The van der Waals surface area contributed by atoms with Crippen molar-refractivity contribution in [2.45, 2.75) is 104 Å². The quantitative estimate of drug-likeness (QED) is 0.202. The highest BCUT2D eigenvalue weighted by atomic mass is 16.2. The highest BCUT2D eigenvalue weighted by Crippen LogP contribution is 2.34. The molecule has 0 aromatic heterocycles. The molecule has 4 unspecified atom stereocenters. The number of hydrogen-bond donors (Lipinski definition) is 3. The van der Waals surface area contributed by atoms with Crippen LogP contribution in [0, 0.1) is 16.7 Å². The maximum atomic E-state index is 14.0. The highest BCUT2D eigenvalue weighted by molar-refractivity contribution is 6.28. The molecule has 254 valence electrons. The SMILES string of the molecule is CN(CC(NC(=O)NC(C(=O)N1CCCC1C(=O)NC(CC1CC1)C(=O)C=O)C(C)(C)C)C(C)(C)C)C(=O)C1=C(C=O)C=NCC1. The van der Waals surface area contributed by atoms with Gasteiger partial charge < -0.3 is 25.8 Å². The Kier molecular flexibility index (Phi) is 12.0. The van der Waals surface area contributed by atoms with Crippen LogP contribution in [0.3, 0.4) is 0 Å². The number of nitrogens with one attached hydrogen (secondary N) is 3. The van der Waals surface area contributed by atoms with Gasteiger partial charge in [-0.2, -0.15) is 0 Å². The van der Waals surface area contributed by atoms with Gasteiger partial charge in [-0.1, -0.05) is 54.4 Å². The monoisotopic (exact) mass is 642 g/mol. The third-order valence-electron chi connectivity index (χ3n) is 8.88. The number of likely N-dealkylation sites (N-methyl/N-ethyl adjacent to an activating group) is 1. The van der Waals surface area contributed by atoms with Crippen LogP contribution in [-0.4, -0.2) is 109 Å². The first-order valence-corrected chi connectivity index (χ1v) is 16.1. The normalized spacial score (nSPS) is 20.3. The summed E-state index contributed by atoms with van der Waals surface area (Å²) in [7, 11) is 1.61. The number of carbonyl (C=O) groups excluding carboxylic acids is 7. The maximum Gasteiger partial charge on any atom is 0.315 e. The summed E-state index contributed by atoms with van der Waals surface area (Å²) in [6.07, 6.45) is 5.86. The molecule has 2 aliphatic heterocycles. The van der Waals surface area contributed by atoms with E-state index < -0.39 is 58.6 Å². The van der Waals surface area contributed by atoms with E-state index in [1.807, 2.05) is 41.5 Å². The summed E-state index contributed by atoms with van der Waals surface area (Å²) in [5, 5.41) is 8.48. The molecule has 0 bridgehead atoms. The van der Waals surface area contributed by atoms with Crippen LogP contribution < -0.4 is 16.0 Å². The summed E-state index contributed by atoms with van der Waals surface area (Å²) < 4.78 is 0. The molecule has 13 nitrogen and oxygen atoms in total. The summed E-state index contributed by atoms with van der Waals surface area (Å²) >= 11 is 0. The fraction of sp³-hybridized carbons (Fsp3) is 0.697. The number of allylic oxidation sites excluding steroid dienone is 1. The Labute approximate surface area is 271 Å². The summed E-state index contributed by atoms with van der Waals surface area (Å²) in [5.41, 5.74) is -0.599. The highest BCUT2D eigenvalue weighted by Gasteiger charge is 2.43. The first-order chi connectivity index (χ1) is 21.5. The van der Waals surface area contributed by atoms with Crippen LogP contribution in [0.15, 0.2) is 16.1 Å². The zero-order chi connectivity index (χ0) is 34.4. The number of nitrogens with zero attached hydrogens (tertiary/aromatic N) is 3. The van der Waals surface area contributed by atoms with Crippen molar-refractivity contribution in [2.24, 2.45) is 21.7 Å². The van der Waals surface area contributed by atoms with Crippen molar-refractivity contribution in [1.82, 2.24) is 25.8 Å². The molecule has 4 atom stereocenters. The van der Waals surface area contributed by atoms with Gasteiger partial charge in [0.25, 0.3) is 0 Å². The third-order valence-corrected chi connectivity index (χ3v) is 8.88. The Morgan fingerprint density at radius 1 is 1.00 bits per heavy atom. The molecule has 46 heavy (non-hydrogen) atoms. The molecule has 2 fully saturated rings. The van der Waals surface area contributed by atoms with Gasteiger partial charge in [-0.3, -0.25) is 33.8 Å². The molecule has 0 radical (unpaired) electrons. The molecule has 5 amide bonds. The van der Waals surface area contributed by atoms with E-state index >= 15 is 0 Å². The Balaban J connectivity index is 1.72. The second kappa shape index (κ2) is 15.1. The fourth-order valence-electron chi connectivity index (χ4n) is 5.75. The number of aliphatic imine (C=N–C) groups is 1. The van der Waals surface area contributed by atoms with Gasteiger partial charge in [-0.25, -0.2) is 4.79 Å². The van der Waals surface area contributed by atoms with E-state index in [9.17, 15) is 33.6 Å². The average Bonchev–Trinajstić information content (AvgIpc) is 3.67. The number of urea groups is 1. The number of ketones is 1. The number of hydrogen-bond acceptors (Lipinski definition) is 8. The van der Waals surface area contributed by atoms with Gasteiger partial charge in [0.1, 0.15) is 12.1 Å². The van der Waals surface area contributed by atoms with Crippen LogP contribution in [0.1, 0.15) is 80.1 Å². The van der Waals surface area contributed by atoms with Crippen molar-refractivity contribution < 1.29 is 33.6 Å². The molecule has 0 spiro atoms. The molecule has 0 aromatic carbocycles. The topological polar surface area (TPSA) is 174 Å². The van der Waals surface area contributed by atoms with Gasteiger partial charge in [0.05, 0.1) is 12.1 Å². The second-order valence-electron chi connectivity index (χ2n) is 14.8. The van der Waals surface area contributed by atoms with Gasteiger partial charge in [-0.15, -0.1) is 0 Å². The van der Waals surface area contributed by atoms with Crippen LogP contribution in [-0.2, 0) is 28.8 Å².